The smallest absolute Gasteiger partial charge is 0.249 e. The van der Waals surface area contributed by atoms with Gasteiger partial charge in [-0.25, -0.2) is 19.3 Å². The van der Waals surface area contributed by atoms with E-state index in [1.165, 1.54) is 18.2 Å². The molecule has 0 bridgehead atoms. The monoisotopic (exact) mass is 320 g/mol. The van der Waals surface area contributed by atoms with Crippen LogP contribution in [0.15, 0.2) is 67.1 Å². The minimum atomic E-state index is -0.308. The average Bonchev–Trinajstić information content (AvgIpc) is 2.62. The van der Waals surface area contributed by atoms with E-state index < -0.39 is 0 Å². The molecule has 118 valence electrons. The normalized spacial score (nSPS) is 10.7. The van der Waals surface area contributed by atoms with Crippen molar-refractivity contribution in [2.24, 2.45) is 0 Å². The van der Waals surface area contributed by atoms with Gasteiger partial charge in [-0.3, -0.25) is 4.79 Å². The van der Waals surface area contributed by atoms with Crippen LogP contribution in [0.2, 0.25) is 0 Å². The van der Waals surface area contributed by atoms with Crippen molar-refractivity contribution in [1.29, 1.82) is 0 Å². The third kappa shape index (κ3) is 4.07. The standard InChI is InChI=1S/C18H13FN4O/c19-15-7-5-14(6-8-15)18-21-11-13(12-22-18)4-9-17(24)23-16-3-1-2-10-20-16/h1-12H,(H,20,23,24)/b9-4+. The molecule has 3 aromatic rings. The maximum absolute atomic E-state index is 12.9. The molecule has 0 spiro atoms. The number of anilines is 1. The minimum absolute atomic E-state index is 0.295. The molecule has 0 saturated heterocycles. The van der Waals surface area contributed by atoms with Gasteiger partial charge in [0, 0.05) is 35.8 Å². The second-order valence-electron chi connectivity index (χ2n) is 4.88. The third-order valence-corrected chi connectivity index (χ3v) is 3.12. The number of aromatic nitrogens is 3. The molecule has 0 aliphatic heterocycles. The fourth-order valence-electron chi connectivity index (χ4n) is 1.95. The van der Waals surface area contributed by atoms with Gasteiger partial charge in [0.15, 0.2) is 5.82 Å². The summed E-state index contributed by atoms with van der Waals surface area (Å²) in [6, 6.07) is 11.2. The Balaban J connectivity index is 1.65. The number of nitrogens with zero attached hydrogens (tertiary/aromatic N) is 3. The summed E-state index contributed by atoms with van der Waals surface area (Å²) in [5, 5.41) is 2.64. The van der Waals surface area contributed by atoms with E-state index in [2.05, 4.69) is 20.3 Å². The lowest BCUT2D eigenvalue weighted by Gasteiger charge is -2.01. The molecular formula is C18H13FN4O. The molecule has 0 atom stereocenters. The molecule has 0 aliphatic rings. The molecule has 1 aromatic carbocycles. The summed E-state index contributed by atoms with van der Waals surface area (Å²) in [4.78, 5) is 24.2. The summed E-state index contributed by atoms with van der Waals surface area (Å²) in [5.41, 5.74) is 1.40. The van der Waals surface area contributed by atoms with Crippen molar-refractivity contribution in [1.82, 2.24) is 15.0 Å². The summed E-state index contributed by atoms with van der Waals surface area (Å²) in [5.74, 6) is 0.369. The van der Waals surface area contributed by atoms with Crippen LogP contribution in [0.1, 0.15) is 5.56 Å². The van der Waals surface area contributed by atoms with Crippen LogP contribution in [0.5, 0.6) is 0 Å². The second-order valence-corrected chi connectivity index (χ2v) is 4.88. The SMILES string of the molecule is O=C(/C=C/c1cnc(-c2ccc(F)cc2)nc1)Nc1ccccn1. The Labute approximate surface area is 137 Å². The van der Waals surface area contributed by atoms with Gasteiger partial charge in [0.25, 0.3) is 0 Å². The van der Waals surface area contributed by atoms with Crippen LogP contribution < -0.4 is 5.32 Å². The van der Waals surface area contributed by atoms with Gasteiger partial charge in [-0.1, -0.05) is 6.07 Å². The Hall–Kier alpha value is -3.41. The molecule has 0 saturated carbocycles. The van der Waals surface area contributed by atoms with Crippen LogP contribution in [-0.4, -0.2) is 20.9 Å². The minimum Gasteiger partial charge on any atom is -0.307 e. The van der Waals surface area contributed by atoms with Crippen LogP contribution in [0.25, 0.3) is 17.5 Å². The molecule has 1 N–H and O–H groups in total. The van der Waals surface area contributed by atoms with Crippen molar-refractivity contribution in [3.05, 3.63) is 78.5 Å². The van der Waals surface area contributed by atoms with Gasteiger partial charge in [0.05, 0.1) is 0 Å². The summed E-state index contributed by atoms with van der Waals surface area (Å²) in [6.07, 6.45) is 7.77. The van der Waals surface area contributed by atoms with Crippen LogP contribution in [0.4, 0.5) is 10.2 Å². The Bertz CT molecular complexity index is 846. The van der Waals surface area contributed by atoms with Gasteiger partial charge in [-0.2, -0.15) is 0 Å². The average molecular weight is 320 g/mol. The quantitative estimate of drug-likeness (QED) is 0.749. The summed E-state index contributed by atoms with van der Waals surface area (Å²) in [7, 11) is 0. The summed E-state index contributed by atoms with van der Waals surface area (Å²) >= 11 is 0. The fraction of sp³-hybridized carbons (Fsp3) is 0. The maximum atomic E-state index is 12.9. The predicted octanol–water partition coefficient (Wildman–Crippen LogP) is 3.33. The number of benzene rings is 1. The van der Waals surface area contributed by atoms with E-state index in [4.69, 9.17) is 0 Å². The topological polar surface area (TPSA) is 67.8 Å². The van der Waals surface area contributed by atoms with E-state index in [9.17, 15) is 9.18 Å². The number of carbonyl (C=O) groups excluding carboxylic acids is 1. The highest BCUT2D eigenvalue weighted by Gasteiger charge is 2.02. The Morgan fingerprint density at radius 1 is 1.00 bits per heavy atom. The first kappa shape index (κ1) is 15.5. The van der Waals surface area contributed by atoms with E-state index in [0.717, 1.165) is 5.56 Å². The molecule has 1 amide bonds. The highest BCUT2D eigenvalue weighted by molar-refractivity contribution is 6.01. The van der Waals surface area contributed by atoms with Gasteiger partial charge in [0.1, 0.15) is 11.6 Å². The van der Waals surface area contributed by atoms with Crippen molar-refractivity contribution >= 4 is 17.8 Å². The van der Waals surface area contributed by atoms with Crippen LogP contribution in [0, 0.1) is 5.82 Å². The number of rotatable bonds is 4. The zero-order chi connectivity index (χ0) is 16.8. The van der Waals surface area contributed by atoms with Gasteiger partial charge >= 0.3 is 0 Å². The Morgan fingerprint density at radius 2 is 1.75 bits per heavy atom. The van der Waals surface area contributed by atoms with E-state index in [1.807, 2.05) is 0 Å². The largest absolute Gasteiger partial charge is 0.307 e. The van der Waals surface area contributed by atoms with Gasteiger partial charge in [-0.15, -0.1) is 0 Å². The van der Waals surface area contributed by atoms with Crippen molar-refractivity contribution in [3.8, 4) is 11.4 Å². The molecule has 0 radical (unpaired) electrons. The molecule has 3 rings (SSSR count). The molecule has 0 aliphatic carbocycles. The lowest BCUT2D eigenvalue weighted by atomic mass is 10.2. The van der Waals surface area contributed by atoms with Crippen LogP contribution in [0.3, 0.4) is 0 Å². The molecule has 2 aromatic heterocycles. The third-order valence-electron chi connectivity index (χ3n) is 3.12. The molecule has 2 heterocycles. The zero-order valence-electron chi connectivity index (χ0n) is 12.6. The summed E-state index contributed by atoms with van der Waals surface area (Å²) in [6.45, 7) is 0. The molecule has 5 nitrogen and oxygen atoms in total. The van der Waals surface area contributed by atoms with Gasteiger partial charge in [0.2, 0.25) is 5.91 Å². The highest BCUT2D eigenvalue weighted by Crippen LogP contribution is 2.15. The number of halogens is 1. The van der Waals surface area contributed by atoms with Crippen molar-refractivity contribution < 1.29 is 9.18 Å². The van der Waals surface area contributed by atoms with Gasteiger partial charge in [-0.05, 0) is 42.5 Å². The van der Waals surface area contributed by atoms with E-state index in [1.54, 1.807) is 55.0 Å². The molecule has 6 heteroatoms. The number of hydrogen-bond acceptors (Lipinski definition) is 4. The van der Waals surface area contributed by atoms with Crippen molar-refractivity contribution in [3.63, 3.8) is 0 Å². The predicted molar refractivity (Wildman–Crippen MR) is 89.3 cm³/mol. The van der Waals surface area contributed by atoms with Crippen molar-refractivity contribution in [2.45, 2.75) is 0 Å². The highest BCUT2D eigenvalue weighted by atomic mass is 19.1. The van der Waals surface area contributed by atoms with E-state index >= 15 is 0 Å². The zero-order valence-corrected chi connectivity index (χ0v) is 12.6. The van der Waals surface area contributed by atoms with E-state index in [-0.39, 0.29) is 11.7 Å². The molecule has 0 unspecified atom stereocenters. The van der Waals surface area contributed by atoms with Crippen LogP contribution >= 0.6 is 0 Å². The Kier molecular flexibility index (Phi) is 4.67. The lowest BCUT2D eigenvalue weighted by molar-refractivity contribution is -0.111. The lowest BCUT2D eigenvalue weighted by Crippen LogP contribution is -2.08. The maximum Gasteiger partial charge on any atom is 0.249 e. The number of nitrogens with one attached hydrogen (secondary N) is 1. The Morgan fingerprint density at radius 3 is 2.42 bits per heavy atom. The van der Waals surface area contributed by atoms with Crippen LogP contribution in [-0.2, 0) is 4.79 Å². The first-order chi connectivity index (χ1) is 11.7. The molecule has 24 heavy (non-hydrogen) atoms. The summed E-state index contributed by atoms with van der Waals surface area (Å²) < 4.78 is 12.9. The fourth-order valence-corrected chi connectivity index (χ4v) is 1.95. The first-order valence-electron chi connectivity index (χ1n) is 7.19. The molecule has 0 fully saturated rings. The van der Waals surface area contributed by atoms with Crippen molar-refractivity contribution in [2.75, 3.05) is 5.32 Å². The number of pyridine rings is 1. The van der Waals surface area contributed by atoms with Gasteiger partial charge < -0.3 is 5.32 Å². The van der Waals surface area contributed by atoms with E-state index in [0.29, 0.717) is 17.2 Å². The first-order valence-corrected chi connectivity index (χ1v) is 7.19. The number of amides is 1. The number of carbonyl (C=O) groups is 1. The molecular weight excluding hydrogens is 307 g/mol. The number of hydrogen-bond donors (Lipinski definition) is 1. The second kappa shape index (κ2) is 7.23.